The summed E-state index contributed by atoms with van der Waals surface area (Å²) in [4.78, 5) is 26.4. The van der Waals surface area contributed by atoms with Crippen LogP contribution < -0.4 is 5.32 Å². The fraction of sp³-hybridized carbons (Fsp3) is 0.677. The van der Waals surface area contributed by atoms with Gasteiger partial charge in [-0.15, -0.1) is 0 Å². The number of carbonyl (C=O) groups excluding carboxylic acids is 2. The molecule has 0 saturated heterocycles. The van der Waals surface area contributed by atoms with Gasteiger partial charge in [-0.1, -0.05) is 0 Å². The molecule has 1 aromatic carbocycles. The number of esters is 1. The third-order valence-corrected chi connectivity index (χ3v) is 31.1. The van der Waals surface area contributed by atoms with Crippen LogP contribution in [0.5, 0.6) is 0 Å². The number of carbonyl (C=O) groups is 2. The van der Waals surface area contributed by atoms with Crippen LogP contribution >= 0.6 is 0 Å². The Morgan fingerprint density at radius 2 is 1.45 bits per heavy atom. The molecule has 0 aromatic heterocycles. The summed E-state index contributed by atoms with van der Waals surface area (Å²) in [6.45, 7) is 18.5. The van der Waals surface area contributed by atoms with Crippen molar-refractivity contribution in [3.8, 4) is 0 Å². The van der Waals surface area contributed by atoms with E-state index < -0.39 is 32.5 Å². The Balaban J connectivity index is 3.69. The summed E-state index contributed by atoms with van der Waals surface area (Å²) in [6, 6.07) is 9.77. The van der Waals surface area contributed by atoms with Gasteiger partial charge in [-0.2, -0.15) is 0 Å². The zero-order valence-electron chi connectivity index (χ0n) is 25.7. The number of methoxy groups -OCH3 is 1. The normalized spacial score (nSPS) is 13.7. The van der Waals surface area contributed by atoms with Crippen molar-refractivity contribution >= 4 is 38.5 Å². The van der Waals surface area contributed by atoms with E-state index in [1.807, 2.05) is 36.4 Å². The summed E-state index contributed by atoms with van der Waals surface area (Å²) in [6.07, 6.45) is 8.35. The monoisotopic (exact) mass is 653 g/mol. The van der Waals surface area contributed by atoms with Gasteiger partial charge in [0.05, 0.1) is 0 Å². The second-order valence-corrected chi connectivity index (χ2v) is 31.1. The summed E-state index contributed by atoms with van der Waals surface area (Å²) in [5, 5.41) is 3.37. The standard InChI is InChI=1S/C19H28NO4Si.3C4H9.Sn/c1-19(2,3)25(5,6)16(12-13-17(21)23-4)20-18(22)24-14-15-10-8-7-9-11-15;3*1-3-4-2;/h7-11,13,16H,14H2,1-6H3,(H,20,22);3*1,3-4H2,2H3;/t16-;;;;/m0..../s1. The molecule has 0 bridgehead atoms. The van der Waals surface area contributed by atoms with Crippen molar-refractivity contribution in [3.63, 3.8) is 0 Å². The van der Waals surface area contributed by atoms with Crippen LogP contribution in [0.3, 0.4) is 0 Å². The quantitative estimate of drug-likeness (QED) is 0.110. The molecular formula is C31H55NO4SiSn. The van der Waals surface area contributed by atoms with Gasteiger partial charge in [0.25, 0.3) is 0 Å². The number of ether oxygens (including phenoxy) is 2. The minimum atomic E-state index is -3.16. The molecule has 0 aliphatic rings. The van der Waals surface area contributed by atoms with Gasteiger partial charge in [-0.25, -0.2) is 0 Å². The molecule has 0 aliphatic heterocycles. The SMILES string of the molecule is CCC[CH2][Sn]([CH2]CCC)([CH2]CCC)/[C](=C\C(=O)OC)[C@@H](NC(=O)OCc1ccccc1)[Si](C)(C)C(C)(C)C. The Kier molecular flexibility index (Phi) is 15.3. The van der Waals surface area contributed by atoms with Gasteiger partial charge in [0.1, 0.15) is 0 Å². The van der Waals surface area contributed by atoms with Crippen LogP contribution in [-0.2, 0) is 20.9 Å². The molecule has 0 spiro atoms. The van der Waals surface area contributed by atoms with Crippen LogP contribution in [0, 0.1) is 0 Å². The number of hydrogen-bond acceptors (Lipinski definition) is 4. The molecular weight excluding hydrogens is 597 g/mol. The number of rotatable bonds is 16. The van der Waals surface area contributed by atoms with Gasteiger partial charge < -0.3 is 0 Å². The topological polar surface area (TPSA) is 64.6 Å². The van der Waals surface area contributed by atoms with Crippen LogP contribution in [0.4, 0.5) is 4.79 Å². The number of benzene rings is 1. The first-order valence-corrected chi connectivity index (χ1v) is 25.2. The molecule has 0 saturated carbocycles. The summed E-state index contributed by atoms with van der Waals surface area (Å²) in [5.74, 6) is -0.297. The minimum absolute atomic E-state index is 0.00252. The first-order valence-electron chi connectivity index (χ1n) is 14.7. The molecule has 216 valence electrons. The van der Waals surface area contributed by atoms with Gasteiger partial charge in [0.2, 0.25) is 0 Å². The first-order chi connectivity index (χ1) is 17.9. The molecule has 0 unspecified atom stereocenters. The van der Waals surface area contributed by atoms with Gasteiger partial charge in [-0.3, -0.25) is 0 Å². The summed E-state index contributed by atoms with van der Waals surface area (Å²) in [7, 11) is -0.752. The summed E-state index contributed by atoms with van der Waals surface area (Å²) >= 11 is -3.16. The zero-order chi connectivity index (χ0) is 28.8. The Morgan fingerprint density at radius 1 is 0.947 bits per heavy atom. The molecule has 0 fully saturated rings. The Morgan fingerprint density at radius 3 is 1.87 bits per heavy atom. The Labute approximate surface area is 238 Å². The average molecular weight is 653 g/mol. The van der Waals surface area contributed by atoms with Crippen LogP contribution in [0.15, 0.2) is 40.0 Å². The van der Waals surface area contributed by atoms with Crippen molar-refractivity contribution in [2.75, 3.05) is 7.11 Å². The molecule has 0 aliphatic carbocycles. The second-order valence-electron chi connectivity index (χ2n) is 12.3. The van der Waals surface area contributed by atoms with E-state index in [-0.39, 0.29) is 23.3 Å². The number of hydrogen-bond donors (Lipinski definition) is 1. The predicted molar refractivity (Wildman–Crippen MR) is 166 cm³/mol. The van der Waals surface area contributed by atoms with Gasteiger partial charge in [-0.05, 0) is 0 Å². The Hall–Kier alpha value is -1.28. The molecule has 1 amide bonds. The maximum atomic E-state index is 13.4. The van der Waals surface area contributed by atoms with E-state index in [4.69, 9.17) is 9.47 Å². The summed E-state index contributed by atoms with van der Waals surface area (Å²) in [5.41, 5.74) is 0.783. The average Bonchev–Trinajstić information content (AvgIpc) is 2.89. The van der Waals surface area contributed by atoms with E-state index in [2.05, 4.69) is 60.0 Å². The van der Waals surface area contributed by atoms with E-state index in [0.717, 1.165) is 24.8 Å². The molecule has 0 radical (unpaired) electrons. The maximum absolute atomic E-state index is 13.4. The fourth-order valence-corrected chi connectivity index (χ4v) is 29.0. The van der Waals surface area contributed by atoms with E-state index >= 15 is 0 Å². The first kappa shape index (κ1) is 34.7. The predicted octanol–water partition coefficient (Wildman–Crippen LogP) is 8.82. The van der Waals surface area contributed by atoms with E-state index in [1.165, 1.54) is 43.3 Å². The van der Waals surface area contributed by atoms with E-state index in [0.29, 0.717) is 0 Å². The van der Waals surface area contributed by atoms with E-state index in [1.54, 1.807) is 0 Å². The number of amides is 1. The van der Waals surface area contributed by atoms with Crippen molar-refractivity contribution < 1.29 is 19.1 Å². The van der Waals surface area contributed by atoms with Crippen molar-refractivity contribution in [2.45, 2.75) is 124 Å². The van der Waals surface area contributed by atoms with Crippen molar-refractivity contribution in [1.82, 2.24) is 5.32 Å². The molecule has 1 atom stereocenters. The van der Waals surface area contributed by atoms with Crippen LogP contribution in [0.1, 0.15) is 85.6 Å². The second kappa shape index (κ2) is 16.7. The molecule has 1 rings (SSSR count). The third-order valence-electron chi connectivity index (χ3n) is 8.55. The molecule has 5 nitrogen and oxygen atoms in total. The van der Waals surface area contributed by atoms with Gasteiger partial charge in [0, 0.05) is 0 Å². The summed E-state index contributed by atoms with van der Waals surface area (Å²) < 4.78 is 15.9. The van der Waals surface area contributed by atoms with Crippen molar-refractivity contribution in [3.05, 3.63) is 45.6 Å². The van der Waals surface area contributed by atoms with Crippen molar-refractivity contribution in [2.24, 2.45) is 0 Å². The number of unbranched alkanes of at least 4 members (excludes halogenated alkanes) is 3. The van der Waals surface area contributed by atoms with Gasteiger partial charge in [0.15, 0.2) is 0 Å². The molecule has 1 N–H and O–H groups in total. The van der Waals surface area contributed by atoms with Crippen molar-refractivity contribution in [1.29, 1.82) is 0 Å². The number of alkyl carbamates (subject to hydrolysis) is 1. The van der Waals surface area contributed by atoms with Crippen LogP contribution in [0.2, 0.25) is 31.4 Å². The van der Waals surface area contributed by atoms with E-state index in [9.17, 15) is 9.59 Å². The van der Waals surface area contributed by atoms with Crippen LogP contribution in [-0.4, -0.2) is 51.3 Å². The van der Waals surface area contributed by atoms with Crippen LogP contribution in [0.25, 0.3) is 0 Å². The third kappa shape index (κ3) is 10.4. The molecule has 1 aromatic rings. The molecule has 0 heterocycles. The zero-order valence-corrected chi connectivity index (χ0v) is 29.6. The van der Waals surface area contributed by atoms with Gasteiger partial charge >= 0.3 is 239 Å². The number of nitrogens with one attached hydrogen (secondary N) is 1. The molecule has 7 heteroatoms. The fourth-order valence-electron chi connectivity index (χ4n) is 5.04. The molecule has 38 heavy (non-hydrogen) atoms. The Bertz CT molecular complexity index is 858.